The van der Waals surface area contributed by atoms with Crippen molar-refractivity contribution in [1.29, 1.82) is 0 Å². The van der Waals surface area contributed by atoms with Crippen LogP contribution in [0.2, 0.25) is 0 Å². The molecule has 6 heteroatoms. The molecule has 0 aliphatic carbocycles. The second kappa shape index (κ2) is 4.62. The summed E-state index contributed by atoms with van der Waals surface area (Å²) in [7, 11) is 0.802. The van der Waals surface area contributed by atoms with Crippen LogP contribution in [0, 0.1) is 0 Å². The Balaban J connectivity index is 2.14. The monoisotopic (exact) mass is 256 g/mol. The molecule has 17 heavy (non-hydrogen) atoms. The van der Waals surface area contributed by atoms with Crippen molar-refractivity contribution in [2.75, 3.05) is 25.6 Å². The summed E-state index contributed by atoms with van der Waals surface area (Å²) in [6.07, 6.45) is 4.82. The second-order valence-corrected chi connectivity index (χ2v) is 6.66. The van der Waals surface area contributed by atoms with E-state index in [1.165, 1.54) is 0 Å². The topological polar surface area (TPSA) is 62.9 Å². The van der Waals surface area contributed by atoms with Gasteiger partial charge in [0.1, 0.15) is 0 Å². The molecule has 0 N–H and O–H groups in total. The summed E-state index contributed by atoms with van der Waals surface area (Å²) in [4.78, 5) is 6.28. The van der Waals surface area contributed by atoms with Gasteiger partial charge in [0, 0.05) is 17.8 Å². The highest BCUT2D eigenvalue weighted by Crippen LogP contribution is 2.19. The highest BCUT2D eigenvalue weighted by Gasteiger charge is 2.38. The third-order valence-corrected chi connectivity index (χ3v) is 4.61. The van der Waals surface area contributed by atoms with Gasteiger partial charge in [0.05, 0.1) is 30.1 Å². The smallest absolute Gasteiger partial charge is 0.154 e. The van der Waals surface area contributed by atoms with E-state index >= 15 is 0 Å². The molecular formula is C11H16N2O3S. The minimum atomic E-state index is -2.96. The lowest BCUT2D eigenvalue weighted by molar-refractivity contribution is 0.297. The number of aliphatic imine (C=N–C) groups is 1. The predicted molar refractivity (Wildman–Crippen MR) is 66.2 cm³/mol. The number of rotatable bonds is 3. The van der Waals surface area contributed by atoms with Crippen molar-refractivity contribution in [2.24, 2.45) is 4.99 Å². The quantitative estimate of drug-likeness (QED) is 0.736. The minimum Gasteiger partial charge on any atom is -0.472 e. The molecule has 0 unspecified atom stereocenters. The fourth-order valence-electron chi connectivity index (χ4n) is 1.98. The van der Waals surface area contributed by atoms with E-state index in [4.69, 9.17) is 4.42 Å². The van der Waals surface area contributed by atoms with Crippen molar-refractivity contribution in [3.63, 3.8) is 0 Å². The fraction of sp³-hybridized carbons (Fsp3) is 0.545. The maximum absolute atomic E-state index is 11.6. The van der Waals surface area contributed by atoms with Crippen LogP contribution in [0.3, 0.4) is 0 Å². The zero-order chi connectivity index (χ0) is 12.5. The minimum absolute atomic E-state index is 0.0387. The van der Waals surface area contributed by atoms with E-state index in [2.05, 4.69) is 4.99 Å². The normalized spacial score (nSPS) is 28.2. The molecule has 0 aromatic carbocycles. The first-order valence-electron chi connectivity index (χ1n) is 5.40. The van der Waals surface area contributed by atoms with Gasteiger partial charge in [0.25, 0.3) is 0 Å². The highest BCUT2D eigenvalue weighted by molar-refractivity contribution is 7.91. The van der Waals surface area contributed by atoms with Gasteiger partial charge >= 0.3 is 0 Å². The Hall–Kier alpha value is -1.14. The van der Waals surface area contributed by atoms with Crippen LogP contribution in [0.15, 0.2) is 28.0 Å². The van der Waals surface area contributed by atoms with Gasteiger partial charge in [0.2, 0.25) is 0 Å². The van der Waals surface area contributed by atoms with E-state index in [-0.39, 0.29) is 23.6 Å². The van der Waals surface area contributed by atoms with Gasteiger partial charge in [0.15, 0.2) is 9.84 Å². The van der Waals surface area contributed by atoms with Crippen LogP contribution in [0.5, 0.6) is 0 Å². The third-order valence-electron chi connectivity index (χ3n) is 2.92. The summed E-state index contributed by atoms with van der Waals surface area (Å²) in [6, 6.07) is 1.56. The molecule has 1 fully saturated rings. The first-order chi connectivity index (χ1) is 7.98. The number of hydrogen-bond acceptors (Lipinski definition) is 5. The van der Waals surface area contributed by atoms with Crippen molar-refractivity contribution in [3.05, 3.63) is 24.2 Å². The largest absolute Gasteiger partial charge is 0.472 e. The van der Waals surface area contributed by atoms with Crippen LogP contribution in [-0.4, -0.2) is 57.2 Å². The van der Waals surface area contributed by atoms with Gasteiger partial charge in [-0.1, -0.05) is 0 Å². The average Bonchev–Trinajstić information content (AvgIpc) is 2.81. The van der Waals surface area contributed by atoms with E-state index in [1.807, 2.05) is 19.0 Å². The van der Waals surface area contributed by atoms with Crippen LogP contribution >= 0.6 is 0 Å². The maximum Gasteiger partial charge on any atom is 0.154 e. The summed E-state index contributed by atoms with van der Waals surface area (Å²) < 4.78 is 28.1. The van der Waals surface area contributed by atoms with Gasteiger partial charge in [-0.3, -0.25) is 4.99 Å². The van der Waals surface area contributed by atoms with Crippen LogP contribution < -0.4 is 0 Å². The molecule has 2 heterocycles. The summed E-state index contributed by atoms with van der Waals surface area (Å²) in [5.41, 5.74) is 0.854. The van der Waals surface area contributed by atoms with Gasteiger partial charge in [-0.15, -0.1) is 0 Å². The second-order valence-electron chi connectivity index (χ2n) is 4.51. The SMILES string of the molecule is CN(C)[C@H]1CS(=O)(=O)C[C@H]1N=Cc1ccoc1. The van der Waals surface area contributed by atoms with Crippen LogP contribution in [0.1, 0.15) is 5.56 Å². The highest BCUT2D eigenvalue weighted by atomic mass is 32.2. The van der Waals surface area contributed by atoms with Crippen LogP contribution in [-0.2, 0) is 9.84 Å². The Morgan fingerprint density at radius 2 is 2.24 bits per heavy atom. The average molecular weight is 256 g/mol. The lowest BCUT2D eigenvalue weighted by atomic mass is 10.1. The number of hydrogen-bond donors (Lipinski definition) is 0. The number of furan rings is 1. The van der Waals surface area contributed by atoms with Gasteiger partial charge < -0.3 is 9.32 Å². The van der Waals surface area contributed by atoms with Gasteiger partial charge in [-0.2, -0.15) is 0 Å². The van der Waals surface area contributed by atoms with Crippen molar-refractivity contribution >= 4 is 16.1 Å². The number of sulfone groups is 1. The summed E-state index contributed by atoms with van der Waals surface area (Å²) in [5.74, 6) is 0.317. The first kappa shape index (κ1) is 12.3. The molecule has 0 radical (unpaired) electrons. The standard InChI is InChI=1S/C11H16N2O3S/c1-13(2)11-8-17(14,15)7-10(11)12-5-9-3-4-16-6-9/h3-6,10-11H,7-8H2,1-2H3/t10-,11+/m1/s1. The third kappa shape index (κ3) is 2.95. The number of nitrogens with zero attached hydrogens (tertiary/aromatic N) is 2. The lowest BCUT2D eigenvalue weighted by Crippen LogP contribution is -2.37. The Labute approximate surface area is 101 Å². The van der Waals surface area contributed by atoms with Gasteiger partial charge in [-0.05, 0) is 20.2 Å². The lowest BCUT2D eigenvalue weighted by Gasteiger charge is -2.21. The summed E-state index contributed by atoms with van der Waals surface area (Å²) in [6.45, 7) is 0. The summed E-state index contributed by atoms with van der Waals surface area (Å²) >= 11 is 0. The Morgan fingerprint density at radius 1 is 1.47 bits per heavy atom. The van der Waals surface area contributed by atoms with Gasteiger partial charge in [-0.25, -0.2) is 8.42 Å². The molecule has 1 aromatic heterocycles. The van der Waals surface area contributed by atoms with Crippen molar-refractivity contribution in [2.45, 2.75) is 12.1 Å². The van der Waals surface area contributed by atoms with E-state index < -0.39 is 9.84 Å². The molecule has 5 nitrogen and oxygen atoms in total. The predicted octanol–water partition coefficient (Wildman–Crippen LogP) is 0.426. The Kier molecular flexibility index (Phi) is 3.35. The molecule has 0 saturated carbocycles. The molecular weight excluding hydrogens is 240 g/mol. The molecule has 94 valence electrons. The zero-order valence-corrected chi connectivity index (χ0v) is 10.7. The van der Waals surface area contributed by atoms with E-state index in [0.29, 0.717) is 0 Å². The fourth-order valence-corrected chi connectivity index (χ4v) is 3.98. The molecule has 1 aliphatic heterocycles. The Bertz CT molecular complexity index is 491. The molecule has 1 saturated heterocycles. The molecule has 0 spiro atoms. The molecule has 2 atom stereocenters. The van der Waals surface area contributed by atoms with Crippen molar-refractivity contribution < 1.29 is 12.8 Å². The van der Waals surface area contributed by atoms with Crippen LogP contribution in [0.4, 0.5) is 0 Å². The van der Waals surface area contributed by atoms with Crippen LogP contribution in [0.25, 0.3) is 0 Å². The maximum atomic E-state index is 11.6. The van der Waals surface area contributed by atoms with E-state index in [0.717, 1.165) is 5.56 Å². The summed E-state index contributed by atoms with van der Waals surface area (Å²) in [5, 5.41) is 0. The molecule has 2 rings (SSSR count). The molecule has 0 bridgehead atoms. The zero-order valence-electron chi connectivity index (χ0n) is 9.91. The van der Waals surface area contributed by atoms with E-state index in [9.17, 15) is 8.42 Å². The van der Waals surface area contributed by atoms with E-state index in [1.54, 1.807) is 24.8 Å². The molecule has 0 amide bonds. The first-order valence-corrected chi connectivity index (χ1v) is 7.22. The van der Waals surface area contributed by atoms with Crippen molar-refractivity contribution in [1.82, 2.24) is 4.90 Å². The number of likely N-dealkylation sites (N-methyl/N-ethyl adjacent to an activating group) is 1. The molecule has 1 aromatic rings. The molecule has 1 aliphatic rings. The van der Waals surface area contributed by atoms with Crippen molar-refractivity contribution in [3.8, 4) is 0 Å². The Morgan fingerprint density at radius 3 is 2.82 bits per heavy atom.